The third kappa shape index (κ3) is 3.01. The van der Waals surface area contributed by atoms with Crippen molar-refractivity contribution < 1.29 is 9.47 Å². The third-order valence-corrected chi connectivity index (χ3v) is 4.38. The van der Waals surface area contributed by atoms with E-state index in [1.165, 1.54) is 29.5 Å². The van der Waals surface area contributed by atoms with Gasteiger partial charge in [0.25, 0.3) is 0 Å². The first-order valence-corrected chi connectivity index (χ1v) is 7.80. The van der Waals surface area contributed by atoms with Crippen LogP contribution in [-0.4, -0.2) is 14.2 Å². The highest BCUT2D eigenvalue weighted by Crippen LogP contribution is 2.40. The zero-order valence-electron chi connectivity index (χ0n) is 13.2. The average Bonchev–Trinajstić information content (AvgIpc) is 2.62. The van der Waals surface area contributed by atoms with Crippen LogP contribution in [0.25, 0.3) is 5.57 Å². The van der Waals surface area contributed by atoms with Gasteiger partial charge in [-0.1, -0.05) is 30.3 Å². The summed E-state index contributed by atoms with van der Waals surface area (Å²) in [5.41, 5.74) is 4.09. The van der Waals surface area contributed by atoms with Gasteiger partial charge in [-0.2, -0.15) is 0 Å². The highest BCUT2D eigenvalue weighted by molar-refractivity contribution is 5.72. The standard InChI is InChI=1S/C20H22O2/c1-21-17-11-7-15(8-12-17)19-5-3-4-6-20(19)16-9-13-18(22-2)14-10-16/h5,7-14,20H,3-4,6H2,1-2H3. The number of rotatable bonds is 4. The molecule has 1 unspecified atom stereocenters. The SMILES string of the molecule is COc1ccc(C2=CCCCC2c2ccc(OC)cc2)cc1. The maximum atomic E-state index is 5.27. The van der Waals surface area contributed by atoms with Gasteiger partial charge in [0.05, 0.1) is 14.2 Å². The molecule has 3 rings (SSSR count). The summed E-state index contributed by atoms with van der Waals surface area (Å²) in [5.74, 6) is 2.28. The van der Waals surface area contributed by atoms with E-state index < -0.39 is 0 Å². The molecule has 0 aromatic heterocycles. The molecule has 0 spiro atoms. The lowest BCUT2D eigenvalue weighted by Gasteiger charge is -2.25. The van der Waals surface area contributed by atoms with Gasteiger partial charge in [0.2, 0.25) is 0 Å². The topological polar surface area (TPSA) is 18.5 Å². The molecule has 0 fully saturated rings. The van der Waals surface area contributed by atoms with Crippen LogP contribution in [0.2, 0.25) is 0 Å². The number of hydrogen-bond acceptors (Lipinski definition) is 2. The van der Waals surface area contributed by atoms with Gasteiger partial charge in [-0.05, 0) is 60.2 Å². The smallest absolute Gasteiger partial charge is 0.118 e. The van der Waals surface area contributed by atoms with Gasteiger partial charge in [0, 0.05) is 5.92 Å². The summed E-state index contributed by atoms with van der Waals surface area (Å²) in [6.07, 6.45) is 5.99. The van der Waals surface area contributed by atoms with Crippen LogP contribution in [0.3, 0.4) is 0 Å². The van der Waals surface area contributed by atoms with E-state index in [9.17, 15) is 0 Å². The molecule has 2 nitrogen and oxygen atoms in total. The Hall–Kier alpha value is -2.22. The van der Waals surface area contributed by atoms with Crippen molar-refractivity contribution in [2.24, 2.45) is 0 Å². The second-order valence-corrected chi connectivity index (χ2v) is 5.64. The molecule has 1 aliphatic carbocycles. The molecule has 0 saturated heterocycles. The molecule has 0 radical (unpaired) electrons. The molecule has 0 saturated carbocycles. The first-order chi connectivity index (χ1) is 10.8. The van der Waals surface area contributed by atoms with Crippen LogP contribution in [0.4, 0.5) is 0 Å². The van der Waals surface area contributed by atoms with Crippen molar-refractivity contribution in [1.82, 2.24) is 0 Å². The Morgan fingerprint density at radius 2 is 1.41 bits per heavy atom. The lowest BCUT2D eigenvalue weighted by atomic mass is 9.79. The van der Waals surface area contributed by atoms with Gasteiger partial charge < -0.3 is 9.47 Å². The molecule has 1 atom stereocenters. The molecule has 22 heavy (non-hydrogen) atoms. The van der Waals surface area contributed by atoms with E-state index in [4.69, 9.17) is 9.47 Å². The molecule has 2 heteroatoms. The van der Waals surface area contributed by atoms with Gasteiger partial charge in [0.1, 0.15) is 11.5 Å². The summed E-state index contributed by atoms with van der Waals surface area (Å²) >= 11 is 0. The largest absolute Gasteiger partial charge is 0.497 e. The van der Waals surface area contributed by atoms with Gasteiger partial charge in [-0.15, -0.1) is 0 Å². The number of benzene rings is 2. The predicted molar refractivity (Wildman–Crippen MR) is 90.6 cm³/mol. The van der Waals surface area contributed by atoms with E-state index in [0.717, 1.165) is 17.9 Å². The maximum absolute atomic E-state index is 5.27. The molecule has 1 aliphatic rings. The molecule has 0 N–H and O–H groups in total. The zero-order chi connectivity index (χ0) is 15.4. The Balaban J connectivity index is 1.91. The van der Waals surface area contributed by atoms with Crippen molar-refractivity contribution in [1.29, 1.82) is 0 Å². The minimum Gasteiger partial charge on any atom is -0.497 e. The van der Waals surface area contributed by atoms with Crippen LogP contribution in [0.5, 0.6) is 11.5 Å². The molecule has 114 valence electrons. The van der Waals surface area contributed by atoms with E-state index in [-0.39, 0.29) is 0 Å². The number of hydrogen-bond donors (Lipinski definition) is 0. The Labute approximate surface area is 132 Å². The summed E-state index contributed by atoms with van der Waals surface area (Å²) in [6.45, 7) is 0. The van der Waals surface area contributed by atoms with Crippen LogP contribution < -0.4 is 9.47 Å². The fraction of sp³-hybridized carbons (Fsp3) is 0.300. The lowest BCUT2D eigenvalue weighted by molar-refractivity contribution is 0.414. The second-order valence-electron chi connectivity index (χ2n) is 5.64. The van der Waals surface area contributed by atoms with Crippen LogP contribution in [0.1, 0.15) is 36.3 Å². The van der Waals surface area contributed by atoms with Crippen LogP contribution >= 0.6 is 0 Å². The molecular formula is C20H22O2. The van der Waals surface area contributed by atoms with Crippen molar-refractivity contribution >= 4 is 5.57 Å². The summed E-state index contributed by atoms with van der Waals surface area (Å²) in [6, 6.07) is 16.9. The molecule has 2 aromatic rings. The van der Waals surface area contributed by atoms with Crippen LogP contribution in [-0.2, 0) is 0 Å². The van der Waals surface area contributed by atoms with E-state index in [0.29, 0.717) is 5.92 Å². The molecular weight excluding hydrogens is 272 g/mol. The van der Waals surface area contributed by atoms with E-state index >= 15 is 0 Å². The quantitative estimate of drug-likeness (QED) is 0.785. The number of ether oxygens (including phenoxy) is 2. The van der Waals surface area contributed by atoms with Gasteiger partial charge in [0.15, 0.2) is 0 Å². The zero-order valence-corrected chi connectivity index (χ0v) is 13.2. The molecule has 2 aromatic carbocycles. The second kappa shape index (κ2) is 6.69. The fourth-order valence-electron chi connectivity index (χ4n) is 3.16. The average molecular weight is 294 g/mol. The minimum absolute atomic E-state index is 0.466. The predicted octanol–water partition coefficient (Wildman–Crippen LogP) is 5.05. The minimum atomic E-state index is 0.466. The lowest BCUT2D eigenvalue weighted by Crippen LogP contribution is -2.06. The van der Waals surface area contributed by atoms with E-state index in [1.807, 2.05) is 12.1 Å². The Morgan fingerprint density at radius 3 is 2.00 bits per heavy atom. The Kier molecular flexibility index (Phi) is 4.47. The van der Waals surface area contributed by atoms with Crippen molar-refractivity contribution in [3.8, 4) is 11.5 Å². The van der Waals surface area contributed by atoms with Crippen molar-refractivity contribution in [3.05, 3.63) is 65.7 Å². The molecule has 0 bridgehead atoms. The van der Waals surface area contributed by atoms with E-state index in [2.05, 4.69) is 42.5 Å². The highest BCUT2D eigenvalue weighted by atomic mass is 16.5. The fourth-order valence-corrected chi connectivity index (χ4v) is 3.16. The summed E-state index contributed by atoms with van der Waals surface area (Å²) in [5, 5.41) is 0. The van der Waals surface area contributed by atoms with Crippen molar-refractivity contribution in [2.45, 2.75) is 25.2 Å². The molecule has 0 heterocycles. The summed E-state index contributed by atoms with van der Waals surface area (Å²) in [4.78, 5) is 0. The van der Waals surface area contributed by atoms with E-state index in [1.54, 1.807) is 14.2 Å². The Morgan fingerprint density at radius 1 is 0.818 bits per heavy atom. The normalized spacial score (nSPS) is 17.7. The monoisotopic (exact) mass is 294 g/mol. The highest BCUT2D eigenvalue weighted by Gasteiger charge is 2.21. The van der Waals surface area contributed by atoms with Gasteiger partial charge >= 0.3 is 0 Å². The number of methoxy groups -OCH3 is 2. The Bertz CT molecular complexity index is 638. The molecule has 0 amide bonds. The van der Waals surface area contributed by atoms with Gasteiger partial charge in [-0.3, -0.25) is 0 Å². The summed E-state index contributed by atoms with van der Waals surface area (Å²) in [7, 11) is 3.41. The van der Waals surface area contributed by atoms with Crippen molar-refractivity contribution in [2.75, 3.05) is 14.2 Å². The maximum Gasteiger partial charge on any atom is 0.118 e. The molecule has 0 aliphatic heterocycles. The van der Waals surface area contributed by atoms with Gasteiger partial charge in [-0.25, -0.2) is 0 Å². The van der Waals surface area contributed by atoms with Crippen LogP contribution in [0.15, 0.2) is 54.6 Å². The first-order valence-electron chi connectivity index (χ1n) is 7.80. The first kappa shape index (κ1) is 14.7. The third-order valence-electron chi connectivity index (χ3n) is 4.38. The van der Waals surface area contributed by atoms with Crippen LogP contribution in [0, 0.1) is 0 Å². The van der Waals surface area contributed by atoms with Crippen molar-refractivity contribution in [3.63, 3.8) is 0 Å². The summed E-state index contributed by atoms with van der Waals surface area (Å²) < 4.78 is 10.5. The number of allylic oxidation sites excluding steroid dienone is 2.